The van der Waals surface area contributed by atoms with E-state index in [2.05, 4.69) is 31.2 Å². The molecule has 3 nitrogen and oxygen atoms in total. The second-order valence-electron chi connectivity index (χ2n) is 8.48. The van der Waals surface area contributed by atoms with E-state index in [0.29, 0.717) is 0 Å². The van der Waals surface area contributed by atoms with Gasteiger partial charge in [-0.05, 0) is 62.1 Å². The monoisotopic (exact) mass is 445 g/mol. The van der Waals surface area contributed by atoms with Crippen LogP contribution in [0.5, 0.6) is 11.5 Å². The molecule has 1 atom stereocenters. The summed E-state index contributed by atoms with van der Waals surface area (Å²) in [6, 6.07) is 19.0. The fraction of sp³-hybridized carbons (Fsp3) is 0.500. The van der Waals surface area contributed by atoms with Crippen LogP contribution in [-0.2, 0) is 5.54 Å². The van der Waals surface area contributed by atoms with Crippen molar-refractivity contribution in [3.8, 4) is 11.5 Å². The maximum atomic E-state index is 5.98. The number of fused-ring (bicyclic) bond motifs is 3. The fourth-order valence-corrected chi connectivity index (χ4v) is 5.46. The van der Waals surface area contributed by atoms with Gasteiger partial charge in [-0.25, -0.2) is 0 Å². The first-order chi connectivity index (χ1) is 13.2. The van der Waals surface area contributed by atoms with Crippen molar-refractivity contribution in [2.24, 2.45) is 5.92 Å². The van der Waals surface area contributed by atoms with Crippen LogP contribution in [0.25, 0.3) is 0 Å². The van der Waals surface area contributed by atoms with E-state index in [1.165, 1.54) is 48.9 Å². The molecule has 3 aliphatic heterocycles. The highest BCUT2D eigenvalue weighted by Crippen LogP contribution is 2.51. The summed E-state index contributed by atoms with van der Waals surface area (Å²) in [7, 11) is 1.74. The molecule has 4 heteroatoms. The van der Waals surface area contributed by atoms with Gasteiger partial charge in [0.05, 0.1) is 33.4 Å². The summed E-state index contributed by atoms with van der Waals surface area (Å²) in [6.07, 6.45) is 5.17. The van der Waals surface area contributed by atoms with Gasteiger partial charge in [0.1, 0.15) is 17.0 Å². The molecule has 0 N–H and O–H groups in total. The second kappa shape index (κ2) is 8.87. The van der Waals surface area contributed by atoms with Crippen LogP contribution in [0, 0.1) is 5.92 Å². The average Bonchev–Trinajstić information content (AvgIpc) is 2.73. The number of nitrogens with zero attached hydrogens (tertiary/aromatic N) is 1. The van der Waals surface area contributed by atoms with Crippen molar-refractivity contribution in [3.63, 3.8) is 0 Å². The molecule has 152 valence electrons. The summed E-state index contributed by atoms with van der Waals surface area (Å²) < 4.78 is 12.6. The Balaban J connectivity index is 0.00000225. The summed E-state index contributed by atoms with van der Waals surface area (Å²) in [5.74, 6) is 2.81. The Morgan fingerprint density at radius 3 is 2.29 bits per heavy atom. The predicted molar refractivity (Wildman–Crippen MR) is 109 cm³/mol. The first-order valence-electron chi connectivity index (χ1n) is 10.3. The summed E-state index contributed by atoms with van der Waals surface area (Å²) in [4.78, 5) is 0. The van der Waals surface area contributed by atoms with Crippen molar-refractivity contribution >= 4 is 0 Å². The van der Waals surface area contributed by atoms with Gasteiger partial charge in [-0.15, -0.1) is 0 Å². The molecule has 0 saturated carbocycles. The zero-order valence-corrected chi connectivity index (χ0v) is 18.7. The second-order valence-corrected chi connectivity index (χ2v) is 8.48. The van der Waals surface area contributed by atoms with Crippen molar-refractivity contribution in [2.75, 3.05) is 33.4 Å². The lowest BCUT2D eigenvalue weighted by molar-refractivity contribution is -0.997. The van der Waals surface area contributed by atoms with E-state index in [-0.39, 0.29) is 22.5 Å². The molecule has 5 rings (SSSR count). The van der Waals surface area contributed by atoms with E-state index in [0.717, 1.165) is 30.4 Å². The van der Waals surface area contributed by atoms with Crippen LogP contribution in [0.15, 0.2) is 54.6 Å². The Labute approximate surface area is 180 Å². The molecule has 3 aliphatic rings. The number of halogens is 1. The van der Waals surface area contributed by atoms with Crippen LogP contribution >= 0.6 is 0 Å². The number of benzene rings is 2. The largest absolute Gasteiger partial charge is 1.00 e. The third-order valence-electron chi connectivity index (χ3n) is 7.12. The lowest BCUT2D eigenvalue weighted by atomic mass is 9.69. The third-order valence-corrected chi connectivity index (χ3v) is 7.12. The molecule has 0 radical (unpaired) electrons. The van der Waals surface area contributed by atoms with Crippen molar-refractivity contribution in [1.29, 1.82) is 0 Å². The van der Waals surface area contributed by atoms with Gasteiger partial charge in [0.2, 0.25) is 0 Å². The van der Waals surface area contributed by atoms with E-state index >= 15 is 0 Å². The van der Waals surface area contributed by atoms with Crippen LogP contribution < -0.4 is 26.5 Å². The number of para-hydroxylation sites is 1. The normalized spacial score (nSPS) is 28.4. The van der Waals surface area contributed by atoms with E-state index in [4.69, 9.17) is 9.47 Å². The number of hydrogen-bond acceptors (Lipinski definition) is 2. The van der Waals surface area contributed by atoms with Crippen LogP contribution in [0.2, 0.25) is 0 Å². The molecule has 0 aromatic heterocycles. The minimum atomic E-state index is 0. The van der Waals surface area contributed by atoms with Crippen molar-refractivity contribution in [1.82, 2.24) is 0 Å². The van der Waals surface area contributed by atoms with Crippen molar-refractivity contribution < 1.29 is 30.9 Å². The Morgan fingerprint density at radius 1 is 0.964 bits per heavy atom. The third kappa shape index (κ3) is 3.95. The quantitative estimate of drug-likeness (QED) is 0.479. The van der Waals surface area contributed by atoms with E-state index in [1.807, 2.05) is 30.3 Å². The van der Waals surface area contributed by atoms with Crippen molar-refractivity contribution in [2.45, 2.75) is 38.1 Å². The lowest BCUT2D eigenvalue weighted by Gasteiger charge is -2.61. The summed E-state index contributed by atoms with van der Waals surface area (Å²) in [6.45, 7) is 7.10. The lowest BCUT2D eigenvalue weighted by Crippen LogP contribution is -3.00. The molecule has 0 amide bonds. The van der Waals surface area contributed by atoms with Crippen LogP contribution in [0.1, 0.15) is 38.2 Å². The Bertz CT molecular complexity index is 741. The number of hydrogen-bond donors (Lipinski definition) is 0. The van der Waals surface area contributed by atoms with Gasteiger partial charge in [-0.1, -0.05) is 18.2 Å². The highest BCUT2D eigenvalue weighted by Gasteiger charge is 2.55. The molecular weight excluding hydrogens is 414 g/mol. The predicted octanol–water partition coefficient (Wildman–Crippen LogP) is 2.01. The summed E-state index contributed by atoms with van der Waals surface area (Å²) in [5.41, 5.74) is 1.68. The highest BCUT2D eigenvalue weighted by molar-refractivity contribution is 5.31. The number of quaternary nitrogens is 1. The van der Waals surface area contributed by atoms with Gasteiger partial charge in [0.15, 0.2) is 0 Å². The van der Waals surface area contributed by atoms with Crippen LogP contribution in [0.4, 0.5) is 0 Å². The minimum Gasteiger partial charge on any atom is -1.00 e. The van der Waals surface area contributed by atoms with Crippen molar-refractivity contribution in [3.05, 3.63) is 60.2 Å². The molecule has 0 spiro atoms. The fourth-order valence-electron chi connectivity index (χ4n) is 5.46. The van der Waals surface area contributed by atoms with Gasteiger partial charge in [0, 0.05) is 18.4 Å². The minimum absolute atomic E-state index is 0. The Hall–Kier alpha value is -1.52. The average molecular weight is 446 g/mol. The maximum Gasteiger partial charge on any atom is 0.122 e. The van der Waals surface area contributed by atoms with Crippen LogP contribution in [0.3, 0.4) is 0 Å². The molecule has 2 aromatic carbocycles. The smallest absolute Gasteiger partial charge is 0.122 e. The Morgan fingerprint density at radius 2 is 1.64 bits per heavy atom. The molecule has 28 heavy (non-hydrogen) atoms. The van der Waals surface area contributed by atoms with Gasteiger partial charge >= 0.3 is 0 Å². The SMILES string of the molecule is COc1ccc(C2(C)CC3CC[N+]2(CCCOc2ccccc2)CC3)cc1.[Br-]. The number of rotatable bonds is 7. The molecular formula is C24H32BrNO2. The van der Waals surface area contributed by atoms with E-state index in [1.54, 1.807) is 7.11 Å². The maximum absolute atomic E-state index is 5.98. The number of ether oxygens (including phenoxy) is 2. The zero-order valence-electron chi connectivity index (χ0n) is 17.1. The summed E-state index contributed by atoms with van der Waals surface area (Å²) in [5, 5.41) is 0. The topological polar surface area (TPSA) is 18.5 Å². The van der Waals surface area contributed by atoms with Crippen LogP contribution in [-0.4, -0.2) is 37.8 Å². The molecule has 1 unspecified atom stereocenters. The van der Waals surface area contributed by atoms with Gasteiger partial charge in [-0.3, -0.25) is 0 Å². The highest BCUT2D eigenvalue weighted by atomic mass is 79.9. The standard InChI is InChI=1S/C24H32NO2.BrH/c1-24(21-9-11-22(26-2)12-10-21)19-20-13-16-25(24,17-14-20)15-6-18-27-23-7-4-3-5-8-23;/h3-5,7-12,20H,6,13-19H2,1-2H3;1H/q+1;/p-1. The van der Waals surface area contributed by atoms with E-state index < -0.39 is 0 Å². The number of piperidine rings is 3. The first kappa shape index (κ1) is 21.2. The van der Waals surface area contributed by atoms with Gasteiger partial charge in [-0.2, -0.15) is 0 Å². The molecule has 3 saturated heterocycles. The first-order valence-corrected chi connectivity index (χ1v) is 10.3. The Kier molecular flexibility index (Phi) is 6.72. The van der Waals surface area contributed by atoms with Gasteiger partial charge < -0.3 is 30.9 Å². The molecule has 2 aromatic rings. The molecule has 2 bridgehead atoms. The summed E-state index contributed by atoms with van der Waals surface area (Å²) >= 11 is 0. The van der Waals surface area contributed by atoms with E-state index in [9.17, 15) is 0 Å². The molecule has 3 fully saturated rings. The molecule has 3 heterocycles. The number of methoxy groups -OCH3 is 1. The zero-order chi connectivity index (χ0) is 18.7. The van der Waals surface area contributed by atoms with Gasteiger partial charge in [0.25, 0.3) is 0 Å². The molecule has 0 aliphatic carbocycles.